The molecule has 164 valence electrons. The van der Waals surface area contributed by atoms with Crippen molar-refractivity contribution in [2.24, 2.45) is 5.92 Å². The summed E-state index contributed by atoms with van der Waals surface area (Å²) in [6.45, 7) is 2.66. The molecule has 1 heterocycles. The van der Waals surface area contributed by atoms with Gasteiger partial charge in [0.1, 0.15) is 11.9 Å². The molecule has 1 aliphatic carbocycles. The first kappa shape index (κ1) is 22.2. The first-order valence-electron chi connectivity index (χ1n) is 11.0. The van der Waals surface area contributed by atoms with Crippen LogP contribution in [0.25, 0.3) is 0 Å². The molecule has 1 saturated carbocycles. The fourth-order valence-corrected chi connectivity index (χ4v) is 4.51. The summed E-state index contributed by atoms with van der Waals surface area (Å²) in [6, 6.07) is 5.26. The molecular weight excluding hydrogens is 385 g/mol. The van der Waals surface area contributed by atoms with E-state index in [1.165, 1.54) is 25.5 Å². The van der Waals surface area contributed by atoms with Gasteiger partial charge in [-0.15, -0.1) is 0 Å². The number of amides is 3. The third kappa shape index (κ3) is 6.28. The van der Waals surface area contributed by atoms with Crippen molar-refractivity contribution < 1.29 is 18.8 Å². The van der Waals surface area contributed by atoms with Crippen LogP contribution in [0.4, 0.5) is 4.39 Å². The van der Waals surface area contributed by atoms with E-state index in [1.807, 2.05) is 4.90 Å². The number of piperidine rings is 1. The van der Waals surface area contributed by atoms with Gasteiger partial charge in [0.2, 0.25) is 17.7 Å². The van der Waals surface area contributed by atoms with Gasteiger partial charge in [-0.3, -0.25) is 14.4 Å². The maximum Gasteiger partial charge on any atom is 0.243 e. The highest BCUT2D eigenvalue weighted by Crippen LogP contribution is 2.26. The lowest BCUT2D eigenvalue weighted by Gasteiger charge is -2.36. The monoisotopic (exact) mass is 417 g/mol. The average Bonchev–Trinajstić information content (AvgIpc) is 2.73. The van der Waals surface area contributed by atoms with Crippen LogP contribution in [0.5, 0.6) is 0 Å². The summed E-state index contributed by atoms with van der Waals surface area (Å²) >= 11 is 0. The van der Waals surface area contributed by atoms with Crippen LogP contribution in [-0.2, 0) is 20.8 Å². The normalized spacial score (nSPS) is 19.2. The Morgan fingerprint density at radius 3 is 2.43 bits per heavy atom. The van der Waals surface area contributed by atoms with E-state index in [-0.39, 0.29) is 41.9 Å². The standard InChI is InChI=1S/C23H32FN3O3/c1-16(28)25-21(15-17-6-5-9-19(24)14-17)22(29)26-20-10-12-27(13-11-20)23(30)18-7-3-2-4-8-18/h5-6,9,14,18,20-21H,2-4,7-8,10-13,15H2,1H3,(H,25,28)(H,26,29). The number of carbonyl (C=O) groups is 3. The highest BCUT2D eigenvalue weighted by atomic mass is 19.1. The zero-order valence-electron chi connectivity index (χ0n) is 17.7. The fourth-order valence-electron chi connectivity index (χ4n) is 4.51. The minimum Gasteiger partial charge on any atom is -0.351 e. The van der Waals surface area contributed by atoms with Gasteiger partial charge >= 0.3 is 0 Å². The first-order chi connectivity index (χ1) is 14.4. The summed E-state index contributed by atoms with van der Waals surface area (Å²) < 4.78 is 13.5. The van der Waals surface area contributed by atoms with E-state index in [0.29, 0.717) is 31.5 Å². The molecule has 1 aromatic carbocycles. The molecule has 0 bridgehead atoms. The molecule has 1 atom stereocenters. The van der Waals surface area contributed by atoms with Gasteiger partial charge < -0.3 is 15.5 Å². The third-order valence-corrected chi connectivity index (χ3v) is 6.13. The van der Waals surface area contributed by atoms with Crippen LogP contribution in [0.3, 0.4) is 0 Å². The van der Waals surface area contributed by atoms with Gasteiger partial charge in [0, 0.05) is 38.4 Å². The van der Waals surface area contributed by atoms with Crippen LogP contribution in [0.15, 0.2) is 24.3 Å². The maximum atomic E-state index is 13.5. The summed E-state index contributed by atoms with van der Waals surface area (Å²) in [4.78, 5) is 39.0. The Labute approximate surface area is 177 Å². The summed E-state index contributed by atoms with van der Waals surface area (Å²) in [5, 5.41) is 5.68. The molecule has 0 aromatic heterocycles. The fraction of sp³-hybridized carbons (Fsp3) is 0.609. The largest absolute Gasteiger partial charge is 0.351 e. The molecule has 2 fully saturated rings. The molecule has 2 N–H and O–H groups in total. The number of hydrogen-bond acceptors (Lipinski definition) is 3. The van der Waals surface area contributed by atoms with Gasteiger partial charge in [0.15, 0.2) is 0 Å². The summed E-state index contributed by atoms with van der Waals surface area (Å²) in [5.41, 5.74) is 0.650. The number of nitrogens with one attached hydrogen (secondary N) is 2. The van der Waals surface area contributed by atoms with Crippen molar-refractivity contribution in [3.63, 3.8) is 0 Å². The minimum atomic E-state index is -0.758. The number of halogens is 1. The minimum absolute atomic E-state index is 0.0309. The smallest absolute Gasteiger partial charge is 0.243 e. The molecular formula is C23H32FN3O3. The molecule has 0 radical (unpaired) electrons. The second kappa shape index (κ2) is 10.5. The van der Waals surface area contributed by atoms with Crippen LogP contribution in [-0.4, -0.2) is 47.8 Å². The number of benzene rings is 1. The zero-order valence-corrected chi connectivity index (χ0v) is 17.7. The van der Waals surface area contributed by atoms with E-state index >= 15 is 0 Å². The number of hydrogen-bond donors (Lipinski definition) is 2. The van der Waals surface area contributed by atoms with Gasteiger partial charge in [0.25, 0.3) is 0 Å². The van der Waals surface area contributed by atoms with Gasteiger partial charge in [-0.05, 0) is 43.4 Å². The topological polar surface area (TPSA) is 78.5 Å². The van der Waals surface area contributed by atoms with Crippen LogP contribution >= 0.6 is 0 Å². The quantitative estimate of drug-likeness (QED) is 0.747. The molecule has 1 aliphatic heterocycles. The number of nitrogens with zero attached hydrogens (tertiary/aromatic N) is 1. The molecule has 3 rings (SSSR count). The SMILES string of the molecule is CC(=O)NC(Cc1cccc(F)c1)C(=O)NC1CCN(C(=O)C2CCCCC2)CC1. The van der Waals surface area contributed by atoms with Crippen LogP contribution in [0.1, 0.15) is 57.4 Å². The maximum absolute atomic E-state index is 13.5. The van der Waals surface area contributed by atoms with Crippen molar-refractivity contribution >= 4 is 17.7 Å². The third-order valence-electron chi connectivity index (χ3n) is 6.13. The van der Waals surface area contributed by atoms with Crippen molar-refractivity contribution in [1.82, 2.24) is 15.5 Å². The molecule has 6 nitrogen and oxygen atoms in total. The van der Waals surface area contributed by atoms with Crippen LogP contribution < -0.4 is 10.6 Å². The molecule has 3 amide bonds. The van der Waals surface area contributed by atoms with Gasteiger partial charge in [-0.25, -0.2) is 4.39 Å². The molecule has 2 aliphatic rings. The molecule has 1 aromatic rings. The van der Waals surface area contributed by atoms with Crippen LogP contribution in [0.2, 0.25) is 0 Å². The second-order valence-electron chi connectivity index (χ2n) is 8.53. The molecule has 30 heavy (non-hydrogen) atoms. The average molecular weight is 418 g/mol. The highest BCUT2D eigenvalue weighted by molar-refractivity contribution is 5.87. The Bertz CT molecular complexity index is 756. The molecule has 7 heteroatoms. The Morgan fingerprint density at radius 2 is 1.80 bits per heavy atom. The second-order valence-corrected chi connectivity index (χ2v) is 8.53. The number of carbonyl (C=O) groups excluding carboxylic acids is 3. The van der Waals surface area contributed by atoms with E-state index < -0.39 is 6.04 Å². The summed E-state index contributed by atoms with van der Waals surface area (Å²) in [6.07, 6.45) is 7.12. The lowest BCUT2D eigenvalue weighted by Crippen LogP contribution is -2.53. The van der Waals surface area contributed by atoms with Crippen molar-refractivity contribution in [2.45, 2.75) is 70.4 Å². The first-order valence-corrected chi connectivity index (χ1v) is 11.0. The molecule has 0 spiro atoms. The zero-order chi connectivity index (χ0) is 21.5. The van der Waals surface area contributed by atoms with E-state index in [4.69, 9.17) is 0 Å². The van der Waals surface area contributed by atoms with Crippen molar-refractivity contribution in [3.05, 3.63) is 35.6 Å². The Hall–Kier alpha value is -2.44. The van der Waals surface area contributed by atoms with Crippen molar-refractivity contribution in [2.75, 3.05) is 13.1 Å². The summed E-state index contributed by atoms with van der Waals surface area (Å²) in [5.74, 6) is -0.516. The summed E-state index contributed by atoms with van der Waals surface area (Å²) in [7, 11) is 0. The van der Waals surface area contributed by atoms with E-state index in [0.717, 1.165) is 25.7 Å². The van der Waals surface area contributed by atoms with Gasteiger partial charge in [-0.1, -0.05) is 31.4 Å². The Morgan fingerprint density at radius 1 is 1.10 bits per heavy atom. The molecule has 1 unspecified atom stereocenters. The lowest BCUT2D eigenvalue weighted by atomic mass is 9.87. The number of rotatable bonds is 6. The van der Waals surface area contributed by atoms with E-state index in [9.17, 15) is 18.8 Å². The Kier molecular flexibility index (Phi) is 7.82. The molecule has 1 saturated heterocycles. The predicted molar refractivity (Wildman–Crippen MR) is 112 cm³/mol. The van der Waals surface area contributed by atoms with Crippen molar-refractivity contribution in [1.29, 1.82) is 0 Å². The van der Waals surface area contributed by atoms with Gasteiger partial charge in [-0.2, -0.15) is 0 Å². The highest BCUT2D eigenvalue weighted by Gasteiger charge is 2.30. The van der Waals surface area contributed by atoms with Crippen LogP contribution in [0, 0.1) is 11.7 Å². The van der Waals surface area contributed by atoms with E-state index in [1.54, 1.807) is 12.1 Å². The van der Waals surface area contributed by atoms with Gasteiger partial charge in [0.05, 0.1) is 0 Å². The van der Waals surface area contributed by atoms with E-state index in [2.05, 4.69) is 10.6 Å². The Balaban J connectivity index is 1.52. The van der Waals surface area contributed by atoms with Crippen molar-refractivity contribution in [3.8, 4) is 0 Å². The predicted octanol–water partition coefficient (Wildman–Crippen LogP) is 2.56. The number of likely N-dealkylation sites (tertiary alicyclic amines) is 1. The lowest BCUT2D eigenvalue weighted by molar-refractivity contribution is -0.138.